The Bertz CT molecular complexity index is 772. The van der Waals surface area contributed by atoms with Crippen LogP contribution in [0.15, 0.2) is 43.0 Å². The zero-order chi connectivity index (χ0) is 13.5. The molecule has 4 rings (SSSR count). The highest BCUT2D eigenvalue weighted by atomic mass is 16.2. The van der Waals surface area contributed by atoms with Crippen molar-refractivity contribution in [3.8, 4) is 0 Å². The summed E-state index contributed by atoms with van der Waals surface area (Å²) in [5, 5.41) is 1.21. The van der Waals surface area contributed by atoms with E-state index in [1.807, 2.05) is 17.0 Å². The van der Waals surface area contributed by atoms with Crippen molar-refractivity contribution >= 4 is 16.9 Å². The SMILES string of the molecule is O=C(N1CCc2[nH]c3ccccc3c2C1)n1ccnc1. The van der Waals surface area contributed by atoms with Gasteiger partial charge >= 0.3 is 6.03 Å². The number of imidazole rings is 1. The number of hydrogen-bond acceptors (Lipinski definition) is 2. The van der Waals surface area contributed by atoms with Crippen LogP contribution in [0.1, 0.15) is 11.3 Å². The van der Waals surface area contributed by atoms with Crippen molar-refractivity contribution < 1.29 is 4.79 Å². The summed E-state index contributed by atoms with van der Waals surface area (Å²) in [6.45, 7) is 1.38. The third-order valence-electron chi connectivity index (χ3n) is 3.88. The van der Waals surface area contributed by atoms with Gasteiger partial charge in [-0.05, 0) is 6.07 Å². The van der Waals surface area contributed by atoms with Gasteiger partial charge in [-0.25, -0.2) is 9.78 Å². The van der Waals surface area contributed by atoms with Gasteiger partial charge in [0.1, 0.15) is 6.33 Å². The molecule has 3 heterocycles. The van der Waals surface area contributed by atoms with Crippen LogP contribution in [0.4, 0.5) is 4.79 Å². The summed E-state index contributed by atoms with van der Waals surface area (Å²) >= 11 is 0. The van der Waals surface area contributed by atoms with Crippen LogP contribution >= 0.6 is 0 Å². The number of benzene rings is 1. The van der Waals surface area contributed by atoms with Gasteiger partial charge in [-0.15, -0.1) is 0 Å². The predicted molar refractivity (Wildman–Crippen MR) is 75.4 cm³/mol. The number of H-pyrrole nitrogens is 1. The van der Waals surface area contributed by atoms with Gasteiger partial charge in [0.15, 0.2) is 0 Å². The molecule has 3 aromatic rings. The average Bonchev–Trinajstić information content (AvgIpc) is 3.13. The van der Waals surface area contributed by atoms with Crippen LogP contribution in [0.5, 0.6) is 0 Å². The van der Waals surface area contributed by atoms with Crippen LogP contribution in [-0.2, 0) is 13.0 Å². The first-order valence-corrected chi connectivity index (χ1v) is 6.68. The Labute approximate surface area is 115 Å². The number of rotatable bonds is 0. The molecule has 1 aliphatic heterocycles. The smallest absolute Gasteiger partial charge is 0.329 e. The number of hydrogen-bond donors (Lipinski definition) is 1. The maximum Gasteiger partial charge on any atom is 0.329 e. The van der Waals surface area contributed by atoms with Crippen LogP contribution in [0.3, 0.4) is 0 Å². The first-order chi connectivity index (χ1) is 9.83. The maximum atomic E-state index is 12.4. The largest absolute Gasteiger partial charge is 0.358 e. The molecule has 0 saturated carbocycles. The highest BCUT2D eigenvalue weighted by molar-refractivity contribution is 5.86. The summed E-state index contributed by atoms with van der Waals surface area (Å²) in [6.07, 6.45) is 5.73. The minimum Gasteiger partial charge on any atom is -0.358 e. The van der Waals surface area contributed by atoms with Gasteiger partial charge < -0.3 is 9.88 Å². The minimum atomic E-state index is -0.0153. The van der Waals surface area contributed by atoms with Crippen LogP contribution in [-0.4, -0.2) is 32.0 Å². The number of amides is 1. The third-order valence-corrected chi connectivity index (χ3v) is 3.88. The topological polar surface area (TPSA) is 53.9 Å². The van der Waals surface area contributed by atoms with Crippen molar-refractivity contribution in [1.29, 1.82) is 0 Å². The molecule has 0 aliphatic carbocycles. The molecule has 100 valence electrons. The van der Waals surface area contributed by atoms with Crippen LogP contribution in [0.2, 0.25) is 0 Å². The van der Waals surface area contributed by atoms with Gasteiger partial charge in [0.05, 0.1) is 0 Å². The molecule has 0 radical (unpaired) electrons. The highest BCUT2D eigenvalue weighted by Gasteiger charge is 2.24. The number of aromatic nitrogens is 3. The summed E-state index contributed by atoms with van der Waals surface area (Å²) in [7, 11) is 0. The molecule has 5 heteroatoms. The molecule has 1 N–H and O–H groups in total. The van der Waals surface area contributed by atoms with E-state index in [1.165, 1.54) is 21.2 Å². The Hall–Kier alpha value is -2.56. The van der Waals surface area contributed by atoms with E-state index in [2.05, 4.69) is 22.1 Å². The van der Waals surface area contributed by atoms with E-state index >= 15 is 0 Å². The van der Waals surface area contributed by atoms with Gasteiger partial charge in [-0.2, -0.15) is 0 Å². The first kappa shape index (κ1) is 11.3. The number of fused-ring (bicyclic) bond motifs is 3. The number of para-hydroxylation sites is 1. The second-order valence-corrected chi connectivity index (χ2v) is 5.05. The zero-order valence-corrected chi connectivity index (χ0v) is 10.9. The Morgan fingerprint density at radius 3 is 3.05 bits per heavy atom. The molecule has 1 aromatic carbocycles. The summed E-state index contributed by atoms with van der Waals surface area (Å²) in [5.41, 5.74) is 3.63. The Morgan fingerprint density at radius 2 is 2.20 bits per heavy atom. The molecular formula is C15H14N4O. The predicted octanol–water partition coefficient (Wildman–Crippen LogP) is 2.39. The lowest BCUT2D eigenvalue weighted by molar-refractivity contribution is 0.194. The van der Waals surface area contributed by atoms with E-state index < -0.39 is 0 Å². The Kier molecular flexibility index (Phi) is 2.39. The Balaban J connectivity index is 1.71. The normalized spacial score (nSPS) is 14.5. The minimum absolute atomic E-state index is 0.0153. The molecule has 1 amide bonds. The summed E-state index contributed by atoms with van der Waals surface area (Å²) in [6, 6.07) is 8.23. The summed E-state index contributed by atoms with van der Waals surface area (Å²) in [4.78, 5) is 21.6. The number of aromatic amines is 1. The van der Waals surface area contributed by atoms with E-state index in [9.17, 15) is 4.79 Å². The molecule has 1 aliphatic rings. The molecule has 0 unspecified atom stereocenters. The fourth-order valence-electron chi connectivity index (χ4n) is 2.87. The van der Waals surface area contributed by atoms with Gasteiger partial charge in [0, 0.05) is 54.1 Å². The van der Waals surface area contributed by atoms with Crippen molar-refractivity contribution in [1.82, 2.24) is 19.4 Å². The van der Waals surface area contributed by atoms with Gasteiger partial charge in [0.2, 0.25) is 0 Å². The second kappa shape index (κ2) is 4.23. The van der Waals surface area contributed by atoms with Crippen molar-refractivity contribution in [2.75, 3.05) is 6.54 Å². The molecule has 20 heavy (non-hydrogen) atoms. The lowest BCUT2D eigenvalue weighted by Crippen LogP contribution is -2.38. The van der Waals surface area contributed by atoms with E-state index in [4.69, 9.17) is 0 Å². The fourth-order valence-corrected chi connectivity index (χ4v) is 2.87. The number of carbonyl (C=O) groups is 1. The number of nitrogens with one attached hydrogen (secondary N) is 1. The van der Waals surface area contributed by atoms with Crippen molar-refractivity contribution in [3.05, 3.63) is 54.2 Å². The molecule has 0 spiro atoms. The average molecular weight is 266 g/mol. The lowest BCUT2D eigenvalue weighted by Gasteiger charge is -2.27. The molecule has 0 fully saturated rings. The molecule has 0 saturated heterocycles. The monoisotopic (exact) mass is 266 g/mol. The van der Waals surface area contributed by atoms with Crippen LogP contribution in [0, 0.1) is 0 Å². The molecule has 0 bridgehead atoms. The number of carbonyl (C=O) groups excluding carboxylic acids is 1. The van der Waals surface area contributed by atoms with E-state index in [0.29, 0.717) is 6.54 Å². The zero-order valence-electron chi connectivity index (χ0n) is 10.9. The number of nitrogens with zero attached hydrogens (tertiary/aromatic N) is 3. The molecule has 5 nitrogen and oxygen atoms in total. The van der Waals surface area contributed by atoms with E-state index in [-0.39, 0.29) is 6.03 Å². The summed E-state index contributed by atoms with van der Waals surface area (Å²) < 4.78 is 1.53. The van der Waals surface area contributed by atoms with Crippen molar-refractivity contribution in [2.24, 2.45) is 0 Å². The lowest BCUT2D eigenvalue weighted by atomic mass is 10.0. The highest BCUT2D eigenvalue weighted by Crippen LogP contribution is 2.27. The maximum absolute atomic E-state index is 12.4. The molecule has 0 atom stereocenters. The van der Waals surface area contributed by atoms with Crippen molar-refractivity contribution in [2.45, 2.75) is 13.0 Å². The Morgan fingerprint density at radius 1 is 1.30 bits per heavy atom. The van der Waals surface area contributed by atoms with E-state index in [1.54, 1.807) is 18.7 Å². The van der Waals surface area contributed by atoms with Gasteiger partial charge in [-0.3, -0.25) is 4.57 Å². The van der Waals surface area contributed by atoms with Crippen LogP contribution < -0.4 is 0 Å². The van der Waals surface area contributed by atoms with Gasteiger partial charge in [-0.1, -0.05) is 18.2 Å². The van der Waals surface area contributed by atoms with E-state index in [0.717, 1.165) is 18.5 Å². The molecule has 2 aromatic heterocycles. The summed E-state index contributed by atoms with van der Waals surface area (Å²) in [5.74, 6) is 0. The van der Waals surface area contributed by atoms with Gasteiger partial charge in [0.25, 0.3) is 0 Å². The first-order valence-electron chi connectivity index (χ1n) is 6.68. The third kappa shape index (κ3) is 1.63. The van der Waals surface area contributed by atoms with Crippen molar-refractivity contribution in [3.63, 3.8) is 0 Å². The fraction of sp³-hybridized carbons (Fsp3) is 0.200. The second-order valence-electron chi connectivity index (χ2n) is 5.05. The quantitative estimate of drug-likeness (QED) is 0.679. The molecular weight excluding hydrogens is 252 g/mol. The van der Waals surface area contributed by atoms with Crippen LogP contribution in [0.25, 0.3) is 10.9 Å². The standard InChI is InChI=1S/C15H14N4O/c20-15(19-8-6-16-10-19)18-7-5-14-12(9-18)11-3-1-2-4-13(11)17-14/h1-4,6,8,10,17H,5,7,9H2.